The van der Waals surface area contributed by atoms with Gasteiger partial charge in [-0.3, -0.25) is 0 Å². The van der Waals surface area contributed by atoms with Crippen molar-refractivity contribution >= 4 is 34.0 Å². The summed E-state index contributed by atoms with van der Waals surface area (Å²) >= 11 is 5.75. The Morgan fingerprint density at radius 3 is 2.55 bits per heavy atom. The molecule has 1 aromatic carbocycles. The molecule has 2 N–H and O–H groups in total. The number of nitrogens with one attached hydrogen (secondary N) is 2. The van der Waals surface area contributed by atoms with Crippen LogP contribution >= 0.6 is 24.0 Å². The molecule has 1 aliphatic rings. The minimum Gasteiger partial charge on any atom is -0.315 e. The Morgan fingerprint density at radius 2 is 2.00 bits per heavy atom. The van der Waals surface area contributed by atoms with Gasteiger partial charge < -0.3 is 5.32 Å². The Hall–Kier alpha value is -0.540. The van der Waals surface area contributed by atoms with E-state index in [1.54, 1.807) is 0 Å². The van der Waals surface area contributed by atoms with Crippen LogP contribution in [0.25, 0.3) is 0 Å². The van der Waals surface area contributed by atoms with Crippen LogP contribution in [0.1, 0.15) is 18.4 Å². The van der Waals surface area contributed by atoms with Crippen molar-refractivity contribution < 1.29 is 21.6 Å². The highest BCUT2D eigenvalue weighted by atomic mass is 35.5. The summed E-state index contributed by atoms with van der Waals surface area (Å²) in [5, 5.41) is 2.78. The summed E-state index contributed by atoms with van der Waals surface area (Å²) in [6, 6.07) is 1.90. The molecule has 1 heterocycles. The molecule has 1 saturated heterocycles. The van der Waals surface area contributed by atoms with Crippen molar-refractivity contribution in [2.45, 2.75) is 30.0 Å². The summed E-state index contributed by atoms with van der Waals surface area (Å²) in [7, 11) is -4.10. The normalized spacial score (nSPS) is 19.5. The van der Waals surface area contributed by atoms with Crippen molar-refractivity contribution in [1.29, 1.82) is 0 Å². The van der Waals surface area contributed by atoms with E-state index in [0.717, 1.165) is 25.1 Å². The molecule has 0 aliphatic carbocycles. The molecule has 1 aliphatic heterocycles. The fourth-order valence-electron chi connectivity index (χ4n) is 2.12. The maximum Gasteiger partial charge on any atom is 0.416 e. The van der Waals surface area contributed by atoms with E-state index in [9.17, 15) is 21.6 Å². The van der Waals surface area contributed by atoms with E-state index in [2.05, 4.69) is 10.0 Å². The van der Waals surface area contributed by atoms with Gasteiger partial charge in [-0.05, 0) is 37.6 Å². The second-order valence-corrected chi connectivity index (χ2v) is 6.90. The molecular weight excluding hydrogens is 364 g/mol. The first kappa shape index (κ1) is 19.5. The molecule has 4 nitrogen and oxygen atoms in total. The van der Waals surface area contributed by atoms with E-state index in [1.807, 2.05) is 0 Å². The molecule has 1 atom stereocenters. The van der Waals surface area contributed by atoms with Gasteiger partial charge >= 0.3 is 6.18 Å². The third kappa shape index (κ3) is 4.73. The highest BCUT2D eigenvalue weighted by Crippen LogP contribution is 2.33. The van der Waals surface area contributed by atoms with Gasteiger partial charge in [-0.25, -0.2) is 13.1 Å². The van der Waals surface area contributed by atoms with E-state index in [-0.39, 0.29) is 23.5 Å². The molecule has 0 bridgehead atoms. The first-order valence-corrected chi connectivity index (χ1v) is 8.16. The molecule has 0 saturated carbocycles. The predicted octanol–water partition coefficient (Wildman–Crippen LogP) is 2.81. The Morgan fingerprint density at radius 1 is 1.32 bits per heavy atom. The summed E-state index contributed by atoms with van der Waals surface area (Å²) in [5.41, 5.74) is -1.05. The summed E-state index contributed by atoms with van der Waals surface area (Å²) in [6.07, 6.45) is -3.20. The van der Waals surface area contributed by atoms with Crippen LogP contribution in [0.2, 0.25) is 5.02 Å². The first-order chi connectivity index (χ1) is 9.70. The third-order valence-electron chi connectivity index (χ3n) is 3.17. The summed E-state index contributed by atoms with van der Waals surface area (Å²) in [6.45, 7) is 1.23. The fraction of sp³-hybridized carbons (Fsp3) is 0.500. The number of piperidine rings is 1. The van der Waals surface area contributed by atoms with Crippen molar-refractivity contribution in [2.75, 3.05) is 13.1 Å². The molecular formula is C12H15Cl2F3N2O2S. The maximum atomic E-state index is 12.7. The van der Waals surface area contributed by atoms with Gasteiger partial charge in [0.05, 0.1) is 10.6 Å². The topological polar surface area (TPSA) is 58.2 Å². The fourth-order valence-corrected chi connectivity index (χ4v) is 3.92. The summed E-state index contributed by atoms with van der Waals surface area (Å²) in [4.78, 5) is -0.551. The number of halogens is 5. The minimum absolute atomic E-state index is 0. The zero-order chi connectivity index (χ0) is 15.7. The second kappa shape index (κ2) is 7.35. The molecule has 0 radical (unpaired) electrons. The van der Waals surface area contributed by atoms with Crippen LogP contribution < -0.4 is 10.0 Å². The zero-order valence-electron chi connectivity index (χ0n) is 11.3. The van der Waals surface area contributed by atoms with Crippen LogP contribution in [0.15, 0.2) is 23.1 Å². The Kier molecular flexibility index (Phi) is 6.52. The van der Waals surface area contributed by atoms with Crippen molar-refractivity contribution in [2.24, 2.45) is 0 Å². The smallest absolute Gasteiger partial charge is 0.315 e. The van der Waals surface area contributed by atoms with Crippen LogP contribution in [-0.4, -0.2) is 27.5 Å². The van der Waals surface area contributed by atoms with Crippen LogP contribution in [0.4, 0.5) is 13.2 Å². The van der Waals surface area contributed by atoms with Crippen LogP contribution in [-0.2, 0) is 16.2 Å². The lowest BCUT2D eigenvalue weighted by Gasteiger charge is -2.24. The quantitative estimate of drug-likeness (QED) is 0.849. The Balaban J connectivity index is 0.00000242. The van der Waals surface area contributed by atoms with Crippen LogP contribution in [0.5, 0.6) is 0 Å². The molecule has 10 heteroatoms. The van der Waals surface area contributed by atoms with E-state index in [1.165, 1.54) is 0 Å². The average Bonchev–Trinajstić information content (AvgIpc) is 2.38. The highest BCUT2D eigenvalue weighted by molar-refractivity contribution is 7.89. The largest absolute Gasteiger partial charge is 0.416 e. The molecule has 126 valence electrons. The maximum absolute atomic E-state index is 12.7. The van der Waals surface area contributed by atoms with E-state index < -0.39 is 26.7 Å². The van der Waals surface area contributed by atoms with Gasteiger partial charge in [-0.2, -0.15) is 13.2 Å². The van der Waals surface area contributed by atoms with Gasteiger partial charge in [0.25, 0.3) is 0 Å². The zero-order valence-corrected chi connectivity index (χ0v) is 13.7. The van der Waals surface area contributed by atoms with E-state index in [4.69, 9.17) is 11.6 Å². The van der Waals surface area contributed by atoms with Gasteiger partial charge in [-0.1, -0.05) is 11.6 Å². The first-order valence-electron chi connectivity index (χ1n) is 6.30. The average molecular weight is 379 g/mol. The number of benzene rings is 1. The van der Waals surface area contributed by atoms with Gasteiger partial charge in [0.2, 0.25) is 10.0 Å². The summed E-state index contributed by atoms with van der Waals surface area (Å²) in [5.74, 6) is 0. The lowest BCUT2D eigenvalue weighted by Crippen LogP contribution is -2.45. The van der Waals surface area contributed by atoms with Gasteiger partial charge in [0.1, 0.15) is 4.90 Å². The molecule has 2 rings (SSSR count). The highest BCUT2D eigenvalue weighted by Gasteiger charge is 2.33. The molecule has 22 heavy (non-hydrogen) atoms. The molecule has 1 unspecified atom stereocenters. The Bertz CT molecular complexity index is 617. The minimum atomic E-state index is -4.62. The third-order valence-corrected chi connectivity index (χ3v) is 5.17. The van der Waals surface area contributed by atoms with Gasteiger partial charge in [0, 0.05) is 12.6 Å². The van der Waals surface area contributed by atoms with E-state index >= 15 is 0 Å². The molecule has 1 fully saturated rings. The van der Waals surface area contributed by atoms with Gasteiger partial charge in [0.15, 0.2) is 0 Å². The molecule has 0 aromatic heterocycles. The Labute approximate surface area is 137 Å². The molecule has 1 aromatic rings. The summed E-state index contributed by atoms with van der Waals surface area (Å²) < 4.78 is 64.8. The van der Waals surface area contributed by atoms with Crippen molar-refractivity contribution in [3.05, 3.63) is 28.8 Å². The number of rotatable bonds is 3. The van der Waals surface area contributed by atoms with E-state index in [0.29, 0.717) is 19.0 Å². The standard InChI is InChI=1S/C12H14ClF3N2O2S.ClH/c13-10-4-3-8(12(14,15)16)6-11(10)21(19,20)18-9-2-1-5-17-7-9;/h3-4,6,9,17-18H,1-2,5,7H2;1H. The SMILES string of the molecule is Cl.O=S(=O)(NC1CCCNC1)c1cc(C(F)(F)F)ccc1Cl. The number of alkyl halides is 3. The van der Waals surface area contributed by atoms with Gasteiger partial charge in [-0.15, -0.1) is 12.4 Å². The molecule has 0 spiro atoms. The monoisotopic (exact) mass is 378 g/mol. The lowest BCUT2D eigenvalue weighted by atomic mass is 10.1. The lowest BCUT2D eigenvalue weighted by molar-refractivity contribution is -0.137. The van der Waals surface area contributed by atoms with Crippen LogP contribution in [0.3, 0.4) is 0 Å². The number of hydrogen-bond donors (Lipinski definition) is 2. The predicted molar refractivity (Wildman–Crippen MR) is 79.9 cm³/mol. The number of hydrogen-bond acceptors (Lipinski definition) is 3. The van der Waals surface area contributed by atoms with Crippen molar-refractivity contribution in [3.8, 4) is 0 Å². The second-order valence-electron chi connectivity index (χ2n) is 4.81. The number of sulfonamides is 1. The van der Waals surface area contributed by atoms with Crippen molar-refractivity contribution in [1.82, 2.24) is 10.0 Å². The molecule has 0 amide bonds. The van der Waals surface area contributed by atoms with Crippen LogP contribution in [0, 0.1) is 0 Å². The van der Waals surface area contributed by atoms with Crippen molar-refractivity contribution in [3.63, 3.8) is 0 Å².